The predicted molar refractivity (Wildman–Crippen MR) is 104 cm³/mol. The normalized spacial score (nSPS) is 16.2. The van der Waals surface area contributed by atoms with Crippen molar-refractivity contribution in [2.75, 3.05) is 26.7 Å². The molecule has 0 aliphatic carbocycles. The molecule has 6 heteroatoms. The van der Waals surface area contributed by atoms with E-state index in [0.29, 0.717) is 18.4 Å². The average Bonchev–Trinajstić information content (AvgIpc) is 3.04. The van der Waals surface area contributed by atoms with E-state index in [1.54, 1.807) is 7.05 Å². The quantitative estimate of drug-likeness (QED) is 0.551. The van der Waals surface area contributed by atoms with Gasteiger partial charge in [-0.25, -0.2) is 0 Å². The molecule has 1 saturated heterocycles. The van der Waals surface area contributed by atoms with E-state index >= 15 is 0 Å². The molecule has 1 amide bonds. The molecule has 5 nitrogen and oxygen atoms in total. The van der Waals surface area contributed by atoms with Crippen LogP contribution in [0.3, 0.4) is 0 Å². The van der Waals surface area contributed by atoms with Crippen LogP contribution in [0.15, 0.2) is 29.3 Å². The van der Waals surface area contributed by atoms with E-state index in [0.717, 1.165) is 61.9 Å². The van der Waals surface area contributed by atoms with Crippen LogP contribution in [-0.2, 0) is 11.2 Å². The van der Waals surface area contributed by atoms with Gasteiger partial charge in [0.15, 0.2) is 5.96 Å². The Labute approximate surface area is 155 Å². The van der Waals surface area contributed by atoms with Gasteiger partial charge in [0, 0.05) is 44.2 Å². The molecule has 138 valence electrons. The van der Waals surface area contributed by atoms with Crippen LogP contribution in [0.2, 0.25) is 5.02 Å². The summed E-state index contributed by atoms with van der Waals surface area (Å²) < 4.78 is 0. The molecule has 0 saturated carbocycles. The highest BCUT2D eigenvalue weighted by molar-refractivity contribution is 6.31. The highest BCUT2D eigenvalue weighted by atomic mass is 35.5. The molecule has 1 unspecified atom stereocenters. The largest absolute Gasteiger partial charge is 0.356 e. The van der Waals surface area contributed by atoms with Crippen molar-refractivity contribution >= 4 is 23.5 Å². The van der Waals surface area contributed by atoms with Crippen LogP contribution in [0.1, 0.15) is 38.2 Å². The molecule has 1 aromatic rings. The molecule has 1 atom stereocenters. The summed E-state index contributed by atoms with van der Waals surface area (Å²) in [5.41, 5.74) is 1.13. The smallest absolute Gasteiger partial charge is 0.222 e. The van der Waals surface area contributed by atoms with Crippen LogP contribution in [0, 0.1) is 0 Å². The summed E-state index contributed by atoms with van der Waals surface area (Å²) in [5, 5.41) is 7.46. The standard InChI is InChI=1S/C19H29ClN4O/c1-3-16(24-14-6-9-18(24)25)11-13-23-19(21-2)22-12-10-15-7-4-5-8-17(15)20/h4-5,7-8,16H,3,6,9-14H2,1-2H3,(H2,21,22,23). The summed E-state index contributed by atoms with van der Waals surface area (Å²) in [6, 6.07) is 8.21. The van der Waals surface area contributed by atoms with Gasteiger partial charge in [-0.05, 0) is 37.3 Å². The van der Waals surface area contributed by atoms with Gasteiger partial charge in [-0.1, -0.05) is 36.7 Å². The van der Waals surface area contributed by atoms with E-state index < -0.39 is 0 Å². The zero-order valence-corrected chi connectivity index (χ0v) is 16.0. The molecule has 1 heterocycles. The molecule has 1 aliphatic heterocycles. The number of halogens is 1. The summed E-state index contributed by atoms with van der Waals surface area (Å²) >= 11 is 6.18. The number of carbonyl (C=O) groups excluding carboxylic acids is 1. The van der Waals surface area contributed by atoms with E-state index in [1.165, 1.54) is 0 Å². The number of benzene rings is 1. The minimum atomic E-state index is 0.300. The van der Waals surface area contributed by atoms with Gasteiger partial charge in [-0.3, -0.25) is 9.79 Å². The zero-order valence-electron chi connectivity index (χ0n) is 15.2. The molecule has 25 heavy (non-hydrogen) atoms. The number of guanidine groups is 1. The van der Waals surface area contributed by atoms with Crippen molar-refractivity contribution in [3.8, 4) is 0 Å². The fraction of sp³-hybridized carbons (Fsp3) is 0.579. The Morgan fingerprint density at radius 3 is 2.72 bits per heavy atom. The van der Waals surface area contributed by atoms with Gasteiger partial charge in [0.25, 0.3) is 0 Å². The minimum Gasteiger partial charge on any atom is -0.356 e. The second kappa shape index (κ2) is 10.3. The average molecular weight is 365 g/mol. The molecule has 2 rings (SSSR count). The third kappa shape index (κ3) is 5.92. The lowest BCUT2D eigenvalue weighted by Crippen LogP contribution is -2.42. The van der Waals surface area contributed by atoms with Crippen molar-refractivity contribution < 1.29 is 4.79 Å². The van der Waals surface area contributed by atoms with Gasteiger partial charge in [0.1, 0.15) is 0 Å². The van der Waals surface area contributed by atoms with Crippen LogP contribution >= 0.6 is 11.6 Å². The second-order valence-corrected chi connectivity index (χ2v) is 6.72. The van der Waals surface area contributed by atoms with Gasteiger partial charge < -0.3 is 15.5 Å². The van der Waals surface area contributed by atoms with Crippen molar-refractivity contribution in [2.45, 2.75) is 45.1 Å². The molecule has 2 N–H and O–H groups in total. The van der Waals surface area contributed by atoms with Crippen LogP contribution in [0.4, 0.5) is 0 Å². The summed E-state index contributed by atoms with van der Waals surface area (Å²) in [7, 11) is 1.77. The van der Waals surface area contributed by atoms with E-state index in [1.807, 2.05) is 29.2 Å². The Morgan fingerprint density at radius 1 is 1.32 bits per heavy atom. The van der Waals surface area contributed by atoms with Gasteiger partial charge in [0.2, 0.25) is 5.91 Å². The molecule has 1 aromatic carbocycles. The maximum atomic E-state index is 11.9. The Bertz CT molecular complexity index is 591. The summed E-state index contributed by atoms with van der Waals surface area (Å²) in [6.45, 7) is 4.62. The first-order chi connectivity index (χ1) is 12.2. The lowest BCUT2D eigenvalue weighted by Gasteiger charge is -2.27. The number of rotatable bonds is 8. The van der Waals surface area contributed by atoms with Crippen molar-refractivity contribution in [2.24, 2.45) is 4.99 Å². The van der Waals surface area contributed by atoms with E-state index in [9.17, 15) is 4.79 Å². The lowest BCUT2D eigenvalue weighted by molar-refractivity contribution is -0.129. The van der Waals surface area contributed by atoms with E-state index in [2.05, 4.69) is 22.5 Å². The number of hydrogen-bond acceptors (Lipinski definition) is 2. The SMILES string of the molecule is CCC(CCNC(=NC)NCCc1ccccc1Cl)N1CCCC1=O. The van der Waals surface area contributed by atoms with Gasteiger partial charge in [-0.15, -0.1) is 0 Å². The number of nitrogens with one attached hydrogen (secondary N) is 2. The molecule has 1 fully saturated rings. The fourth-order valence-corrected chi connectivity index (χ4v) is 3.46. The van der Waals surface area contributed by atoms with Crippen molar-refractivity contribution in [3.63, 3.8) is 0 Å². The summed E-state index contributed by atoms with van der Waals surface area (Å²) in [6.07, 6.45) is 4.48. The van der Waals surface area contributed by atoms with Gasteiger partial charge in [0.05, 0.1) is 0 Å². The Kier molecular flexibility index (Phi) is 8.06. The van der Waals surface area contributed by atoms with Crippen molar-refractivity contribution in [1.29, 1.82) is 0 Å². The van der Waals surface area contributed by atoms with Crippen molar-refractivity contribution in [3.05, 3.63) is 34.9 Å². The van der Waals surface area contributed by atoms with E-state index in [4.69, 9.17) is 11.6 Å². The first-order valence-electron chi connectivity index (χ1n) is 9.13. The van der Waals surface area contributed by atoms with Gasteiger partial charge in [-0.2, -0.15) is 0 Å². The van der Waals surface area contributed by atoms with Crippen LogP contribution < -0.4 is 10.6 Å². The first kappa shape index (κ1) is 19.6. The second-order valence-electron chi connectivity index (χ2n) is 6.31. The maximum absolute atomic E-state index is 11.9. The lowest BCUT2D eigenvalue weighted by atomic mass is 10.1. The number of carbonyl (C=O) groups is 1. The number of aliphatic imine (C=N–C) groups is 1. The third-order valence-electron chi connectivity index (χ3n) is 4.66. The fourth-order valence-electron chi connectivity index (χ4n) is 3.23. The topological polar surface area (TPSA) is 56.7 Å². The maximum Gasteiger partial charge on any atom is 0.222 e. The van der Waals surface area contributed by atoms with E-state index in [-0.39, 0.29) is 0 Å². The van der Waals surface area contributed by atoms with Gasteiger partial charge >= 0.3 is 0 Å². The predicted octanol–water partition coefficient (Wildman–Crippen LogP) is 2.84. The Balaban J connectivity index is 1.71. The minimum absolute atomic E-state index is 0.300. The third-order valence-corrected chi connectivity index (χ3v) is 5.03. The molecule has 0 aromatic heterocycles. The number of hydrogen-bond donors (Lipinski definition) is 2. The first-order valence-corrected chi connectivity index (χ1v) is 9.51. The molecule has 1 aliphatic rings. The van der Waals surface area contributed by atoms with Crippen LogP contribution in [0.25, 0.3) is 0 Å². The highest BCUT2D eigenvalue weighted by Crippen LogP contribution is 2.17. The van der Waals surface area contributed by atoms with Crippen LogP contribution in [-0.4, -0.2) is 49.5 Å². The number of likely N-dealkylation sites (tertiary alicyclic amines) is 1. The Morgan fingerprint density at radius 2 is 2.08 bits per heavy atom. The summed E-state index contributed by atoms with van der Waals surface area (Å²) in [5.74, 6) is 1.09. The highest BCUT2D eigenvalue weighted by Gasteiger charge is 2.26. The molecule has 0 radical (unpaired) electrons. The Hall–Kier alpha value is -1.75. The molecule has 0 bridgehead atoms. The molecule has 0 spiro atoms. The number of nitrogens with zero attached hydrogens (tertiary/aromatic N) is 2. The van der Waals surface area contributed by atoms with Crippen LogP contribution in [0.5, 0.6) is 0 Å². The number of amides is 1. The monoisotopic (exact) mass is 364 g/mol. The summed E-state index contributed by atoms with van der Waals surface area (Å²) in [4.78, 5) is 18.2. The molecular weight excluding hydrogens is 336 g/mol. The molecular formula is C19H29ClN4O. The zero-order chi connectivity index (χ0) is 18.1. The van der Waals surface area contributed by atoms with Crippen molar-refractivity contribution in [1.82, 2.24) is 15.5 Å².